The molecule has 0 spiro atoms. The van der Waals surface area contributed by atoms with Gasteiger partial charge in [0.2, 0.25) is 6.29 Å². The van der Waals surface area contributed by atoms with Gasteiger partial charge >= 0.3 is 0 Å². The molecule has 0 aliphatic heterocycles. The lowest BCUT2D eigenvalue weighted by Gasteiger charge is -2.29. The van der Waals surface area contributed by atoms with Crippen LogP contribution in [0.4, 0.5) is 13.2 Å². The highest BCUT2D eigenvalue weighted by Gasteiger charge is 2.29. The van der Waals surface area contributed by atoms with E-state index >= 15 is 0 Å². The second kappa shape index (κ2) is 10.6. The molecule has 0 bridgehead atoms. The van der Waals surface area contributed by atoms with E-state index < -0.39 is 48.7 Å². The van der Waals surface area contributed by atoms with E-state index in [1.807, 2.05) is 0 Å². The summed E-state index contributed by atoms with van der Waals surface area (Å²) in [5.74, 6) is -3.96. The Bertz CT molecular complexity index is 996. The molecule has 8 nitrogen and oxygen atoms in total. The number of rotatable bonds is 10. The van der Waals surface area contributed by atoms with Crippen LogP contribution in [0.15, 0.2) is 48.7 Å². The number of hydrogen-bond donors (Lipinski definition) is 3. The fourth-order valence-electron chi connectivity index (χ4n) is 2.81. The van der Waals surface area contributed by atoms with Gasteiger partial charge in [0, 0.05) is 5.56 Å². The van der Waals surface area contributed by atoms with Gasteiger partial charge in [0.15, 0.2) is 17.5 Å². The standard InChI is InChI=1S/C21H22F3N3O5/c1-12(29)19(11-28)32-21(31-14-5-3-2-4-6-14)18(30)10-27-9-17(25-26-27)13-7-15(22)20(24)16(23)8-13/h2-9,12,18-19,21,28-30H,10-11H2,1H3/t12-,18+,19?,21?/m1/s1. The van der Waals surface area contributed by atoms with Crippen molar-refractivity contribution in [3.05, 3.63) is 66.1 Å². The first kappa shape index (κ1) is 23.7. The summed E-state index contributed by atoms with van der Waals surface area (Å²) in [5.41, 5.74) is 0.0126. The highest BCUT2D eigenvalue weighted by atomic mass is 19.2. The van der Waals surface area contributed by atoms with Crippen molar-refractivity contribution in [1.29, 1.82) is 0 Å². The summed E-state index contributed by atoms with van der Waals surface area (Å²) in [6.45, 7) is 0.681. The number of aromatic nitrogens is 3. The quantitative estimate of drug-likeness (QED) is 0.318. The van der Waals surface area contributed by atoms with E-state index in [4.69, 9.17) is 9.47 Å². The van der Waals surface area contributed by atoms with E-state index in [2.05, 4.69) is 10.3 Å². The minimum atomic E-state index is -1.59. The molecule has 0 amide bonds. The maximum atomic E-state index is 13.5. The summed E-state index contributed by atoms with van der Waals surface area (Å²) in [4.78, 5) is 0. The predicted molar refractivity (Wildman–Crippen MR) is 106 cm³/mol. The summed E-state index contributed by atoms with van der Waals surface area (Å²) in [5, 5.41) is 37.5. The van der Waals surface area contributed by atoms with E-state index in [-0.39, 0.29) is 17.8 Å². The van der Waals surface area contributed by atoms with Gasteiger partial charge in [-0.3, -0.25) is 0 Å². The molecule has 0 aliphatic rings. The molecule has 0 saturated heterocycles. The van der Waals surface area contributed by atoms with E-state index in [0.29, 0.717) is 5.75 Å². The third kappa shape index (κ3) is 5.82. The topological polar surface area (TPSA) is 110 Å². The number of ether oxygens (including phenoxy) is 2. The van der Waals surface area contributed by atoms with E-state index in [9.17, 15) is 28.5 Å². The Morgan fingerprint density at radius 1 is 1.06 bits per heavy atom. The highest BCUT2D eigenvalue weighted by molar-refractivity contribution is 5.57. The number of nitrogens with zero attached hydrogens (tertiary/aromatic N) is 3. The van der Waals surface area contributed by atoms with Crippen molar-refractivity contribution in [2.24, 2.45) is 0 Å². The minimum Gasteiger partial charge on any atom is -0.462 e. The number of para-hydroxylation sites is 1. The van der Waals surface area contributed by atoms with Gasteiger partial charge in [0.1, 0.15) is 23.7 Å². The van der Waals surface area contributed by atoms with Crippen LogP contribution in [0, 0.1) is 17.5 Å². The molecule has 172 valence electrons. The summed E-state index contributed by atoms with van der Waals surface area (Å²) in [7, 11) is 0. The Hall–Kier alpha value is -2.99. The van der Waals surface area contributed by atoms with Crippen LogP contribution in [0.25, 0.3) is 11.3 Å². The maximum absolute atomic E-state index is 13.5. The van der Waals surface area contributed by atoms with Crippen molar-refractivity contribution in [3.8, 4) is 17.0 Å². The Kier molecular flexibility index (Phi) is 7.80. The lowest BCUT2D eigenvalue weighted by Crippen LogP contribution is -2.44. The summed E-state index contributed by atoms with van der Waals surface area (Å²) < 4.78 is 52.6. The number of aliphatic hydroxyl groups is 3. The molecule has 0 fully saturated rings. The van der Waals surface area contributed by atoms with Crippen LogP contribution in [0.3, 0.4) is 0 Å². The third-order valence-corrected chi connectivity index (χ3v) is 4.53. The largest absolute Gasteiger partial charge is 0.462 e. The molecular weight excluding hydrogens is 431 g/mol. The summed E-state index contributed by atoms with van der Waals surface area (Å²) in [6.07, 6.45) is -3.44. The zero-order valence-corrected chi connectivity index (χ0v) is 17.0. The minimum absolute atomic E-state index is 0.0371. The van der Waals surface area contributed by atoms with Gasteiger partial charge in [-0.05, 0) is 31.2 Å². The van der Waals surface area contributed by atoms with E-state index in [1.54, 1.807) is 30.3 Å². The molecule has 0 aliphatic carbocycles. The SMILES string of the molecule is C[C@@H](O)C(CO)OC(Oc1ccccc1)[C@@H](O)Cn1cc(-c2cc(F)c(F)c(F)c2)nn1. The molecule has 1 heterocycles. The smallest absolute Gasteiger partial charge is 0.228 e. The Labute approximate surface area is 181 Å². The van der Waals surface area contributed by atoms with Crippen LogP contribution in [-0.2, 0) is 11.3 Å². The van der Waals surface area contributed by atoms with Crippen molar-refractivity contribution in [1.82, 2.24) is 15.0 Å². The van der Waals surface area contributed by atoms with Crippen molar-refractivity contribution in [3.63, 3.8) is 0 Å². The molecule has 3 N–H and O–H groups in total. The first-order chi connectivity index (χ1) is 15.3. The molecule has 0 saturated carbocycles. The average molecular weight is 453 g/mol. The second-order valence-electron chi connectivity index (χ2n) is 7.04. The molecule has 3 aromatic rings. The van der Waals surface area contributed by atoms with Crippen LogP contribution in [0.1, 0.15) is 6.92 Å². The Morgan fingerprint density at radius 2 is 1.72 bits per heavy atom. The third-order valence-electron chi connectivity index (χ3n) is 4.53. The first-order valence-corrected chi connectivity index (χ1v) is 9.67. The lowest BCUT2D eigenvalue weighted by molar-refractivity contribution is -0.202. The lowest BCUT2D eigenvalue weighted by atomic mass is 10.1. The average Bonchev–Trinajstić information content (AvgIpc) is 3.23. The van der Waals surface area contributed by atoms with Gasteiger partial charge in [0.05, 0.1) is 25.5 Å². The van der Waals surface area contributed by atoms with Gasteiger partial charge in [-0.15, -0.1) is 5.10 Å². The van der Waals surface area contributed by atoms with Crippen LogP contribution in [0.5, 0.6) is 5.75 Å². The van der Waals surface area contributed by atoms with Gasteiger partial charge in [0.25, 0.3) is 0 Å². The van der Waals surface area contributed by atoms with E-state index in [0.717, 1.165) is 12.1 Å². The molecule has 32 heavy (non-hydrogen) atoms. The molecule has 2 aromatic carbocycles. The molecular formula is C21H22F3N3O5. The van der Waals surface area contributed by atoms with Crippen LogP contribution >= 0.6 is 0 Å². The van der Waals surface area contributed by atoms with Crippen LogP contribution < -0.4 is 4.74 Å². The van der Waals surface area contributed by atoms with E-state index in [1.165, 1.54) is 17.8 Å². The van der Waals surface area contributed by atoms with Gasteiger partial charge in [-0.1, -0.05) is 23.4 Å². The zero-order chi connectivity index (χ0) is 23.3. The normalized spacial score (nSPS) is 15.2. The van der Waals surface area contributed by atoms with Crippen molar-refractivity contribution >= 4 is 0 Å². The van der Waals surface area contributed by atoms with Crippen molar-refractivity contribution < 1.29 is 38.0 Å². The molecule has 3 rings (SSSR count). The molecule has 4 atom stereocenters. The zero-order valence-electron chi connectivity index (χ0n) is 17.0. The Balaban J connectivity index is 1.77. The summed E-state index contributed by atoms with van der Waals surface area (Å²) in [6, 6.07) is 10.0. The summed E-state index contributed by atoms with van der Waals surface area (Å²) >= 11 is 0. The second-order valence-corrected chi connectivity index (χ2v) is 7.04. The van der Waals surface area contributed by atoms with Gasteiger partial charge < -0.3 is 24.8 Å². The van der Waals surface area contributed by atoms with Crippen LogP contribution in [-0.4, -0.2) is 61.5 Å². The van der Waals surface area contributed by atoms with Crippen molar-refractivity contribution in [2.75, 3.05) is 6.61 Å². The van der Waals surface area contributed by atoms with Gasteiger partial charge in [-0.2, -0.15) is 0 Å². The molecule has 11 heteroatoms. The number of halogens is 3. The molecule has 0 radical (unpaired) electrons. The van der Waals surface area contributed by atoms with Gasteiger partial charge in [-0.25, -0.2) is 17.9 Å². The van der Waals surface area contributed by atoms with Crippen molar-refractivity contribution in [2.45, 2.75) is 38.1 Å². The number of benzene rings is 2. The Morgan fingerprint density at radius 3 is 2.31 bits per heavy atom. The number of hydrogen-bond acceptors (Lipinski definition) is 7. The van der Waals surface area contributed by atoms with Crippen LogP contribution in [0.2, 0.25) is 0 Å². The fraction of sp³-hybridized carbons (Fsp3) is 0.333. The molecule has 2 unspecified atom stereocenters. The maximum Gasteiger partial charge on any atom is 0.228 e. The predicted octanol–water partition coefficient (Wildman–Crippen LogP) is 1.89. The molecule has 1 aromatic heterocycles. The highest BCUT2D eigenvalue weighted by Crippen LogP contribution is 2.22. The monoisotopic (exact) mass is 453 g/mol. The fourth-order valence-corrected chi connectivity index (χ4v) is 2.81. The first-order valence-electron chi connectivity index (χ1n) is 9.67. The number of aliphatic hydroxyl groups excluding tert-OH is 3.